The zero-order valence-electron chi connectivity index (χ0n) is 12.2. The molecule has 1 aliphatic heterocycles. The molecule has 0 aromatic heterocycles. The van der Waals surface area contributed by atoms with Crippen molar-refractivity contribution in [1.29, 1.82) is 0 Å². The second kappa shape index (κ2) is 5.85. The van der Waals surface area contributed by atoms with E-state index in [0.717, 1.165) is 19.1 Å². The molecule has 1 saturated heterocycles. The number of nitrogens with zero attached hydrogens (tertiary/aromatic N) is 1. The molecule has 0 radical (unpaired) electrons. The summed E-state index contributed by atoms with van der Waals surface area (Å²) >= 11 is 0. The first-order chi connectivity index (χ1) is 8.58. The van der Waals surface area contributed by atoms with Crippen LogP contribution in [-0.4, -0.2) is 31.1 Å². The molecule has 100 valence electrons. The van der Waals surface area contributed by atoms with Crippen molar-refractivity contribution in [3.63, 3.8) is 0 Å². The summed E-state index contributed by atoms with van der Waals surface area (Å²) in [4.78, 5) is 2.47. The molecule has 2 heteroatoms. The van der Waals surface area contributed by atoms with Gasteiger partial charge in [-0.2, -0.15) is 0 Å². The zero-order valence-corrected chi connectivity index (χ0v) is 12.2. The maximum Gasteiger partial charge on any atom is 0.0218 e. The van der Waals surface area contributed by atoms with Crippen LogP contribution < -0.4 is 5.32 Å². The second-order valence-corrected chi connectivity index (χ2v) is 5.78. The van der Waals surface area contributed by atoms with Crippen molar-refractivity contribution in [1.82, 2.24) is 10.2 Å². The van der Waals surface area contributed by atoms with E-state index in [1.165, 1.54) is 41.6 Å². The minimum absolute atomic E-state index is 0.732. The van der Waals surface area contributed by atoms with Crippen LogP contribution >= 0.6 is 0 Å². The third-order valence-corrected chi connectivity index (χ3v) is 4.19. The number of likely N-dealkylation sites (tertiary alicyclic amines) is 1. The number of hydrogen-bond acceptors (Lipinski definition) is 2. The highest BCUT2D eigenvalue weighted by Crippen LogP contribution is 2.17. The Morgan fingerprint density at radius 1 is 1.22 bits per heavy atom. The van der Waals surface area contributed by atoms with Gasteiger partial charge >= 0.3 is 0 Å². The predicted octanol–water partition coefficient (Wildman–Crippen LogP) is 2.80. The summed E-state index contributed by atoms with van der Waals surface area (Å²) in [5, 5.41) is 3.63. The molecule has 0 amide bonds. The van der Waals surface area contributed by atoms with Gasteiger partial charge in [-0.25, -0.2) is 0 Å². The maximum absolute atomic E-state index is 3.63. The Morgan fingerprint density at radius 2 is 1.89 bits per heavy atom. The lowest BCUT2D eigenvalue weighted by Crippen LogP contribution is -2.35. The molecule has 1 N–H and O–H groups in total. The normalized spacial score (nSPS) is 20.6. The number of benzene rings is 1. The number of nitrogens with one attached hydrogen (secondary N) is 1. The summed E-state index contributed by atoms with van der Waals surface area (Å²) in [7, 11) is 2.24. The molecule has 0 bridgehead atoms. The average Bonchev–Trinajstić information content (AvgIpc) is 2.68. The quantitative estimate of drug-likeness (QED) is 0.879. The number of rotatable bonds is 4. The molecule has 1 heterocycles. The Balaban J connectivity index is 1.90. The molecule has 1 atom stereocenters. The lowest BCUT2D eigenvalue weighted by atomic mass is 10.00. The Kier molecular flexibility index (Phi) is 4.41. The van der Waals surface area contributed by atoms with Crippen molar-refractivity contribution in [2.75, 3.05) is 20.1 Å². The van der Waals surface area contributed by atoms with Gasteiger partial charge in [0, 0.05) is 19.1 Å². The average molecular weight is 246 g/mol. The number of aryl methyl sites for hydroxylation is 3. The first-order valence-electron chi connectivity index (χ1n) is 7.05. The molecular weight excluding hydrogens is 220 g/mol. The SMILES string of the molecule is Cc1cc(C)c(CNCC2CCCN2C)c(C)c1. The van der Waals surface area contributed by atoms with Crippen molar-refractivity contribution < 1.29 is 0 Å². The van der Waals surface area contributed by atoms with Crippen LogP contribution in [0.1, 0.15) is 35.1 Å². The molecule has 2 nitrogen and oxygen atoms in total. The van der Waals surface area contributed by atoms with Crippen LogP contribution in [0, 0.1) is 20.8 Å². The standard InChI is InChI=1S/C16H26N2/c1-12-8-13(2)16(14(3)9-12)11-17-10-15-6-5-7-18(15)4/h8-9,15,17H,5-7,10-11H2,1-4H3. The van der Waals surface area contributed by atoms with E-state index in [0.29, 0.717) is 0 Å². The Labute approximate surface area is 111 Å². The topological polar surface area (TPSA) is 15.3 Å². The van der Waals surface area contributed by atoms with Gasteiger partial charge in [0.25, 0.3) is 0 Å². The Bertz CT molecular complexity index is 389. The number of likely N-dealkylation sites (N-methyl/N-ethyl adjacent to an activating group) is 1. The van der Waals surface area contributed by atoms with Gasteiger partial charge in [-0.05, 0) is 63.9 Å². The van der Waals surface area contributed by atoms with Gasteiger partial charge in [0.05, 0.1) is 0 Å². The fourth-order valence-corrected chi connectivity index (χ4v) is 3.09. The van der Waals surface area contributed by atoms with E-state index in [1.54, 1.807) is 0 Å². The minimum atomic E-state index is 0.732. The molecule has 0 saturated carbocycles. The van der Waals surface area contributed by atoms with Gasteiger partial charge < -0.3 is 10.2 Å². The summed E-state index contributed by atoms with van der Waals surface area (Å²) in [5.74, 6) is 0. The highest BCUT2D eigenvalue weighted by atomic mass is 15.2. The van der Waals surface area contributed by atoms with E-state index >= 15 is 0 Å². The first kappa shape index (κ1) is 13.6. The number of hydrogen-bond donors (Lipinski definition) is 1. The van der Waals surface area contributed by atoms with Crippen LogP contribution in [0.4, 0.5) is 0 Å². The fourth-order valence-electron chi connectivity index (χ4n) is 3.09. The van der Waals surface area contributed by atoms with Crippen LogP contribution in [-0.2, 0) is 6.54 Å². The Morgan fingerprint density at radius 3 is 2.44 bits per heavy atom. The van der Waals surface area contributed by atoms with Gasteiger partial charge in [0.15, 0.2) is 0 Å². The van der Waals surface area contributed by atoms with Crippen molar-refractivity contribution >= 4 is 0 Å². The van der Waals surface area contributed by atoms with Crippen LogP contribution in [0.5, 0.6) is 0 Å². The largest absolute Gasteiger partial charge is 0.311 e. The molecule has 1 aromatic rings. The molecule has 1 aromatic carbocycles. The van der Waals surface area contributed by atoms with Crippen LogP contribution in [0.2, 0.25) is 0 Å². The monoisotopic (exact) mass is 246 g/mol. The first-order valence-corrected chi connectivity index (χ1v) is 7.05. The fraction of sp³-hybridized carbons (Fsp3) is 0.625. The van der Waals surface area contributed by atoms with Crippen LogP contribution in [0.25, 0.3) is 0 Å². The molecule has 0 aliphatic carbocycles. The minimum Gasteiger partial charge on any atom is -0.311 e. The van der Waals surface area contributed by atoms with Gasteiger partial charge in [-0.1, -0.05) is 17.7 Å². The van der Waals surface area contributed by atoms with E-state index < -0.39 is 0 Å². The summed E-state index contributed by atoms with van der Waals surface area (Å²) in [6, 6.07) is 5.30. The van der Waals surface area contributed by atoms with E-state index in [-0.39, 0.29) is 0 Å². The molecule has 1 fully saturated rings. The highest BCUT2D eigenvalue weighted by Gasteiger charge is 2.19. The lowest BCUT2D eigenvalue weighted by Gasteiger charge is -2.20. The van der Waals surface area contributed by atoms with Gasteiger partial charge in [0.2, 0.25) is 0 Å². The third-order valence-electron chi connectivity index (χ3n) is 4.19. The summed E-state index contributed by atoms with van der Waals surface area (Å²) in [6.07, 6.45) is 2.70. The molecule has 1 unspecified atom stereocenters. The van der Waals surface area contributed by atoms with Crippen molar-refractivity contribution in [2.24, 2.45) is 0 Å². The van der Waals surface area contributed by atoms with E-state index in [9.17, 15) is 0 Å². The molecule has 1 aliphatic rings. The smallest absolute Gasteiger partial charge is 0.0218 e. The summed E-state index contributed by atoms with van der Waals surface area (Å²) < 4.78 is 0. The van der Waals surface area contributed by atoms with Crippen molar-refractivity contribution in [2.45, 2.75) is 46.2 Å². The molecular formula is C16H26N2. The van der Waals surface area contributed by atoms with Crippen LogP contribution in [0.3, 0.4) is 0 Å². The van der Waals surface area contributed by atoms with Crippen molar-refractivity contribution in [3.8, 4) is 0 Å². The predicted molar refractivity (Wildman–Crippen MR) is 78.0 cm³/mol. The van der Waals surface area contributed by atoms with Gasteiger partial charge in [0.1, 0.15) is 0 Å². The summed E-state index contributed by atoms with van der Waals surface area (Å²) in [6.45, 7) is 9.99. The highest BCUT2D eigenvalue weighted by molar-refractivity contribution is 5.37. The lowest BCUT2D eigenvalue weighted by molar-refractivity contribution is 0.300. The van der Waals surface area contributed by atoms with Gasteiger partial charge in [-0.15, -0.1) is 0 Å². The molecule has 0 spiro atoms. The second-order valence-electron chi connectivity index (χ2n) is 5.78. The van der Waals surface area contributed by atoms with Gasteiger partial charge in [-0.3, -0.25) is 0 Å². The van der Waals surface area contributed by atoms with E-state index in [2.05, 4.69) is 50.2 Å². The maximum atomic E-state index is 3.63. The van der Waals surface area contributed by atoms with Crippen LogP contribution in [0.15, 0.2) is 12.1 Å². The molecule has 18 heavy (non-hydrogen) atoms. The third kappa shape index (κ3) is 3.12. The van der Waals surface area contributed by atoms with E-state index in [1.807, 2.05) is 0 Å². The zero-order chi connectivity index (χ0) is 13.1. The Hall–Kier alpha value is -0.860. The van der Waals surface area contributed by atoms with Crippen molar-refractivity contribution in [3.05, 3.63) is 34.4 Å². The summed E-state index contributed by atoms with van der Waals surface area (Å²) in [5.41, 5.74) is 5.67. The van der Waals surface area contributed by atoms with E-state index in [4.69, 9.17) is 0 Å². The molecule has 2 rings (SSSR count).